The molecule has 38 heavy (non-hydrogen) atoms. The molecule has 2 atom stereocenters. The first-order chi connectivity index (χ1) is 17.8. The Morgan fingerprint density at radius 2 is 1.92 bits per heavy atom. The molecule has 7 nitrogen and oxygen atoms in total. The minimum absolute atomic E-state index is 0.0364. The summed E-state index contributed by atoms with van der Waals surface area (Å²) >= 11 is 1.48. The SMILES string of the molecule is Cc1ccc2c(CC(=O)Nc3sc4c(c3C(=O)NC3CCS(=O)(=O)C3)CCC(C(C)(C)C)C4)coc2c1C. The van der Waals surface area contributed by atoms with Crippen molar-refractivity contribution in [2.75, 3.05) is 16.8 Å². The number of aryl methyl sites for hydroxylation is 2. The molecule has 2 amide bonds. The monoisotopic (exact) mass is 556 g/mol. The lowest BCUT2D eigenvalue weighted by atomic mass is 9.72. The van der Waals surface area contributed by atoms with E-state index in [2.05, 4.69) is 31.4 Å². The van der Waals surface area contributed by atoms with E-state index in [9.17, 15) is 18.0 Å². The number of carbonyl (C=O) groups is 2. The number of hydrogen-bond acceptors (Lipinski definition) is 6. The zero-order valence-corrected chi connectivity index (χ0v) is 24.3. The quantitative estimate of drug-likeness (QED) is 0.440. The van der Waals surface area contributed by atoms with Gasteiger partial charge in [-0.05, 0) is 67.6 Å². The van der Waals surface area contributed by atoms with Gasteiger partial charge in [-0.2, -0.15) is 0 Å². The second-order valence-corrected chi connectivity index (χ2v) is 15.3. The molecule has 3 aromatic rings. The van der Waals surface area contributed by atoms with Crippen LogP contribution >= 0.6 is 11.3 Å². The number of hydrogen-bond donors (Lipinski definition) is 2. The number of sulfone groups is 1. The molecule has 204 valence electrons. The Kier molecular flexibility index (Phi) is 6.97. The molecule has 1 aliphatic carbocycles. The van der Waals surface area contributed by atoms with Gasteiger partial charge < -0.3 is 15.1 Å². The molecule has 2 N–H and O–H groups in total. The van der Waals surface area contributed by atoms with Crippen molar-refractivity contribution < 1.29 is 22.4 Å². The lowest BCUT2D eigenvalue weighted by Gasteiger charge is -2.33. The van der Waals surface area contributed by atoms with Crippen molar-refractivity contribution in [2.45, 2.75) is 72.8 Å². The average Bonchev–Trinajstić information content (AvgIpc) is 3.49. The number of anilines is 1. The van der Waals surface area contributed by atoms with Crippen LogP contribution in [0.1, 0.15) is 71.1 Å². The molecular weight excluding hydrogens is 520 g/mol. The number of fused-ring (bicyclic) bond motifs is 2. The highest BCUT2D eigenvalue weighted by Gasteiger charge is 2.36. The van der Waals surface area contributed by atoms with Crippen molar-refractivity contribution in [2.24, 2.45) is 11.3 Å². The number of carbonyl (C=O) groups excluding carboxylic acids is 2. The highest BCUT2D eigenvalue weighted by Crippen LogP contribution is 2.44. The summed E-state index contributed by atoms with van der Waals surface area (Å²) in [6, 6.07) is 3.61. The van der Waals surface area contributed by atoms with Gasteiger partial charge in [0.05, 0.1) is 29.8 Å². The standard InChI is InChI=1S/C29H36N2O5S2/c1-16-6-8-21-18(14-36-26(21)17(16)2)12-24(32)31-28-25(27(33)30-20-10-11-38(34,35)15-20)22-9-7-19(29(3,4)5)13-23(22)37-28/h6,8,14,19-20H,7,9-13,15H2,1-5H3,(H,30,33)(H,31,32). The predicted octanol–water partition coefficient (Wildman–Crippen LogP) is 5.36. The second-order valence-electron chi connectivity index (χ2n) is 12.0. The molecule has 0 saturated carbocycles. The second kappa shape index (κ2) is 9.83. The number of amides is 2. The maximum Gasteiger partial charge on any atom is 0.254 e. The summed E-state index contributed by atoms with van der Waals surface area (Å²) in [7, 11) is -3.12. The number of nitrogens with one attached hydrogen (secondary N) is 2. The summed E-state index contributed by atoms with van der Waals surface area (Å²) in [6.45, 7) is 10.8. The van der Waals surface area contributed by atoms with E-state index in [0.717, 1.165) is 57.4 Å². The first-order valence-electron chi connectivity index (χ1n) is 13.2. The summed E-state index contributed by atoms with van der Waals surface area (Å²) in [6.07, 6.45) is 4.78. The first kappa shape index (κ1) is 26.9. The zero-order chi connectivity index (χ0) is 27.4. The van der Waals surface area contributed by atoms with Crippen LogP contribution in [0, 0.1) is 25.2 Å². The normalized spacial score (nSPS) is 20.9. The number of benzene rings is 1. The first-order valence-corrected chi connectivity index (χ1v) is 15.9. The van der Waals surface area contributed by atoms with Gasteiger partial charge in [-0.15, -0.1) is 11.3 Å². The lowest BCUT2D eigenvalue weighted by molar-refractivity contribution is -0.115. The molecule has 5 rings (SSSR count). The Balaban J connectivity index is 1.42. The third-order valence-corrected chi connectivity index (χ3v) is 11.2. The molecule has 2 unspecified atom stereocenters. The summed E-state index contributed by atoms with van der Waals surface area (Å²) in [5, 5.41) is 7.44. The van der Waals surface area contributed by atoms with Crippen molar-refractivity contribution in [1.82, 2.24) is 5.32 Å². The molecule has 2 aromatic heterocycles. The molecule has 1 saturated heterocycles. The van der Waals surface area contributed by atoms with Crippen LogP contribution in [0.3, 0.4) is 0 Å². The van der Waals surface area contributed by atoms with Gasteiger partial charge >= 0.3 is 0 Å². The van der Waals surface area contributed by atoms with E-state index < -0.39 is 15.9 Å². The molecule has 0 radical (unpaired) electrons. The summed E-state index contributed by atoms with van der Waals surface area (Å²) < 4.78 is 29.7. The molecule has 3 heterocycles. The topological polar surface area (TPSA) is 105 Å². The Hall–Kier alpha value is -2.65. The third-order valence-electron chi connectivity index (χ3n) is 8.23. The van der Waals surface area contributed by atoms with Crippen molar-refractivity contribution in [3.05, 3.63) is 51.1 Å². The average molecular weight is 557 g/mol. The Morgan fingerprint density at radius 3 is 2.61 bits per heavy atom. The van der Waals surface area contributed by atoms with Crippen molar-refractivity contribution in [1.29, 1.82) is 0 Å². The minimum Gasteiger partial charge on any atom is -0.464 e. The summed E-state index contributed by atoms with van der Waals surface area (Å²) in [5.74, 6) is 0.0277. The van der Waals surface area contributed by atoms with Crippen LogP contribution in [0.5, 0.6) is 0 Å². The van der Waals surface area contributed by atoms with E-state index in [0.29, 0.717) is 22.9 Å². The smallest absolute Gasteiger partial charge is 0.254 e. The van der Waals surface area contributed by atoms with E-state index in [1.807, 2.05) is 26.0 Å². The van der Waals surface area contributed by atoms with E-state index in [1.165, 1.54) is 11.3 Å². The van der Waals surface area contributed by atoms with Crippen LogP contribution in [0.25, 0.3) is 11.0 Å². The van der Waals surface area contributed by atoms with Crippen LogP contribution in [0.15, 0.2) is 22.8 Å². The molecule has 9 heteroatoms. The van der Waals surface area contributed by atoms with Gasteiger partial charge in [0, 0.05) is 21.9 Å². The van der Waals surface area contributed by atoms with Crippen LogP contribution in [-0.2, 0) is 33.9 Å². The summed E-state index contributed by atoms with van der Waals surface area (Å²) in [5.41, 5.74) is 5.41. The minimum atomic E-state index is -3.12. The molecule has 0 bridgehead atoms. The Morgan fingerprint density at radius 1 is 1.16 bits per heavy atom. The van der Waals surface area contributed by atoms with Crippen LogP contribution < -0.4 is 10.6 Å². The van der Waals surface area contributed by atoms with Crippen LogP contribution in [0.4, 0.5) is 5.00 Å². The van der Waals surface area contributed by atoms with E-state index in [4.69, 9.17) is 4.42 Å². The van der Waals surface area contributed by atoms with E-state index in [1.54, 1.807) is 6.26 Å². The fourth-order valence-electron chi connectivity index (χ4n) is 5.69. The number of thiophene rings is 1. The number of rotatable bonds is 5. The van der Waals surface area contributed by atoms with Crippen LogP contribution in [0.2, 0.25) is 0 Å². The molecule has 0 spiro atoms. The molecule has 1 aromatic carbocycles. The maximum atomic E-state index is 13.5. The van der Waals surface area contributed by atoms with Crippen molar-refractivity contribution in [3.63, 3.8) is 0 Å². The fourth-order valence-corrected chi connectivity index (χ4v) is 8.70. The van der Waals surface area contributed by atoms with Crippen LogP contribution in [-0.4, -0.2) is 37.8 Å². The maximum absolute atomic E-state index is 13.5. The van der Waals surface area contributed by atoms with E-state index in [-0.39, 0.29) is 35.2 Å². The lowest BCUT2D eigenvalue weighted by Crippen LogP contribution is -2.36. The molecule has 1 aliphatic heterocycles. The number of furan rings is 1. The fraction of sp³-hybridized carbons (Fsp3) is 0.517. The van der Waals surface area contributed by atoms with Gasteiger partial charge in [0.15, 0.2) is 9.84 Å². The Bertz CT molecular complexity index is 1520. The molecule has 1 fully saturated rings. The van der Waals surface area contributed by atoms with E-state index >= 15 is 0 Å². The van der Waals surface area contributed by atoms with Gasteiger partial charge in [-0.25, -0.2) is 8.42 Å². The third kappa shape index (κ3) is 5.27. The van der Waals surface area contributed by atoms with Crippen molar-refractivity contribution >= 4 is 49.0 Å². The van der Waals surface area contributed by atoms with Crippen molar-refractivity contribution in [3.8, 4) is 0 Å². The van der Waals surface area contributed by atoms with Gasteiger partial charge in [0.2, 0.25) is 5.91 Å². The largest absolute Gasteiger partial charge is 0.464 e. The highest BCUT2D eigenvalue weighted by atomic mass is 32.2. The highest BCUT2D eigenvalue weighted by molar-refractivity contribution is 7.91. The molecular formula is C29H36N2O5S2. The summed E-state index contributed by atoms with van der Waals surface area (Å²) in [4.78, 5) is 27.9. The van der Waals surface area contributed by atoms with Gasteiger partial charge in [-0.3, -0.25) is 9.59 Å². The van der Waals surface area contributed by atoms with Gasteiger partial charge in [0.25, 0.3) is 5.91 Å². The van der Waals surface area contributed by atoms with Gasteiger partial charge in [0.1, 0.15) is 10.6 Å². The molecule has 2 aliphatic rings. The zero-order valence-electron chi connectivity index (χ0n) is 22.7. The van der Waals surface area contributed by atoms with Gasteiger partial charge in [-0.1, -0.05) is 32.9 Å². The Labute approximate surface area is 228 Å². The predicted molar refractivity (Wildman–Crippen MR) is 152 cm³/mol.